The van der Waals surface area contributed by atoms with Gasteiger partial charge in [0.2, 0.25) is 5.91 Å². The Hall–Kier alpha value is -2.49. The van der Waals surface area contributed by atoms with E-state index in [0.717, 1.165) is 30.1 Å². The molecule has 2 aromatic rings. The zero-order chi connectivity index (χ0) is 15.9. The van der Waals surface area contributed by atoms with E-state index in [4.69, 9.17) is 9.47 Å². The Morgan fingerprint density at radius 2 is 2.04 bits per heavy atom. The maximum Gasteiger partial charge on any atom is 0.220 e. The van der Waals surface area contributed by atoms with Crippen molar-refractivity contribution in [1.82, 2.24) is 5.32 Å². The summed E-state index contributed by atoms with van der Waals surface area (Å²) in [5.41, 5.74) is 2.34. The highest BCUT2D eigenvalue weighted by atomic mass is 16.5. The van der Waals surface area contributed by atoms with Crippen LogP contribution in [-0.2, 0) is 17.8 Å². The topological polar surface area (TPSA) is 47.6 Å². The maximum atomic E-state index is 11.9. The van der Waals surface area contributed by atoms with E-state index in [1.807, 2.05) is 42.5 Å². The van der Waals surface area contributed by atoms with Crippen LogP contribution >= 0.6 is 0 Å². The first-order valence-corrected chi connectivity index (χ1v) is 8.00. The van der Waals surface area contributed by atoms with E-state index in [2.05, 4.69) is 11.4 Å². The van der Waals surface area contributed by atoms with Gasteiger partial charge in [0.15, 0.2) is 0 Å². The number of fused-ring (bicyclic) bond motifs is 1. The number of rotatable bonds is 7. The first-order valence-electron chi connectivity index (χ1n) is 8.00. The van der Waals surface area contributed by atoms with Crippen LogP contribution in [0.1, 0.15) is 24.0 Å². The Morgan fingerprint density at radius 3 is 2.91 bits per heavy atom. The summed E-state index contributed by atoms with van der Waals surface area (Å²) in [4.78, 5) is 11.9. The summed E-state index contributed by atoms with van der Waals surface area (Å²) >= 11 is 0. The summed E-state index contributed by atoms with van der Waals surface area (Å²) in [6.07, 6.45) is 2.13. The van der Waals surface area contributed by atoms with Gasteiger partial charge >= 0.3 is 0 Å². The lowest BCUT2D eigenvalue weighted by atomic mass is 10.1. The van der Waals surface area contributed by atoms with Gasteiger partial charge in [-0.05, 0) is 35.7 Å². The van der Waals surface area contributed by atoms with Gasteiger partial charge in [0.1, 0.15) is 11.5 Å². The predicted octanol–water partition coefficient (Wildman–Crippen LogP) is 3.10. The summed E-state index contributed by atoms with van der Waals surface area (Å²) < 4.78 is 11.1. The summed E-state index contributed by atoms with van der Waals surface area (Å²) in [5.74, 6) is 1.87. The number of ether oxygens (including phenoxy) is 2. The first-order chi connectivity index (χ1) is 11.3. The molecule has 0 bridgehead atoms. The molecule has 0 unspecified atom stereocenters. The molecule has 1 amide bonds. The Kier molecular flexibility index (Phi) is 5.14. The van der Waals surface area contributed by atoms with E-state index in [1.165, 1.54) is 5.56 Å². The van der Waals surface area contributed by atoms with Gasteiger partial charge in [-0.2, -0.15) is 0 Å². The molecule has 0 saturated carbocycles. The van der Waals surface area contributed by atoms with Crippen molar-refractivity contribution in [1.29, 1.82) is 0 Å². The molecule has 0 atom stereocenters. The number of para-hydroxylation sites is 1. The number of nitrogens with one attached hydrogen (secondary N) is 1. The van der Waals surface area contributed by atoms with E-state index in [-0.39, 0.29) is 5.91 Å². The molecule has 1 aliphatic heterocycles. The summed E-state index contributed by atoms with van der Waals surface area (Å²) in [6, 6.07) is 15.7. The fraction of sp³-hybridized carbons (Fsp3) is 0.316. The molecule has 0 aliphatic carbocycles. The minimum Gasteiger partial charge on any atom is -0.494 e. The number of hydrogen-bond donors (Lipinski definition) is 1. The lowest BCUT2D eigenvalue weighted by Gasteiger charge is -2.08. The van der Waals surface area contributed by atoms with Crippen LogP contribution in [-0.4, -0.2) is 19.1 Å². The molecule has 1 N–H and O–H groups in total. The molecule has 4 heteroatoms. The second-order valence-electron chi connectivity index (χ2n) is 5.58. The zero-order valence-electron chi connectivity index (χ0n) is 13.1. The Balaban J connectivity index is 1.35. The van der Waals surface area contributed by atoms with E-state index in [1.54, 1.807) is 0 Å². The van der Waals surface area contributed by atoms with Crippen molar-refractivity contribution < 1.29 is 14.3 Å². The number of carbonyl (C=O) groups excluding carboxylic acids is 1. The highest BCUT2D eigenvalue weighted by Gasteiger charge is 2.12. The SMILES string of the molecule is O=C(CCCOc1ccccc1)NCc1ccc2c(c1)CCO2. The van der Waals surface area contributed by atoms with Gasteiger partial charge in [-0.25, -0.2) is 0 Å². The summed E-state index contributed by atoms with van der Waals surface area (Å²) in [7, 11) is 0. The lowest BCUT2D eigenvalue weighted by molar-refractivity contribution is -0.121. The average Bonchev–Trinajstić information content (AvgIpc) is 3.05. The second kappa shape index (κ2) is 7.68. The number of carbonyl (C=O) groups is 1. The molecule has 0 aromatic heterocycles. The van der Waals surface area contributed by atoms with Crippen molar-refractivity contribution in [3.05, 3.63) is 59.7 Å². The fourth-order valence-corrected chi connectivity index (χ4v) is 2.58. The standard InChI is InChI=1S/C19H21NO3/c21-19(7-4-11-22-17-5-2-1-3-6-17)20-14-15-8-9-18-16(13-15)10-12-23-18/h1-3,5-6,8-9,13H,4,7,10-12,14H2,(H,20,21). The van der Waals surface area contributed by atoms with Crippen molar-refractivity contribution in [2.45, 2.75) is 25.8 Å². The van der Waals surface area contributed by atoms with Crippen LogP contribution < -0.4 is 14.8 Å². The van der Waals surface area contributed by atoms with Crippen molar-refractivity contribution >= 4 is 5.91 Å². The minimum absolute atomic E-state index is 0.0541. The normalized spacial score (nSPS) is 12.3. The van der Waals surface area contributed by atoms with Crippen LogP contribution in [0.4, 0.5) is 0 Å². The van der Waals surface area contributed by atoms with Crippen LogP contribution in [0.15, 0.2) is 48.5 Å². The number of benzene rings is 2. The maximum absolute atomic E-state index is 11.9. The Morgan fingerprint density at radius 1 is 1.17 bits per heavy atom. The van der Waals surface area contributed by atoms with Crippen LogP contribution in [0.5, 0.6) is 11.5 Å². The third-order valence-electron chi connectivity index (χ3n) is 3.80. The van der Waals surface area contributed by atoms with Crippen molar-refractivity contribution in [2.24, 2.45) is 0 Å². The van der Waals surface area contributed by atoms with Gasteiger partial charge in [-0.3, -0.25) is 4.79 Å². The zero-order valence-corrected chi connectivity index (χ0v) is 13.1. The monoisotopic (exact) mass is 311 g/mol. The van der Waals surface area contributed by atoms with E-state index >= 15 is 0 Å². The van der Waals surface area contributed by atoms with Gasteiger partial charge in [-0.15, -0.1) is 0 Å². The van der Waals surface area contributed by atoms with Gasteiger partial charge < -0.3 is 14.8 Å². The molecule has 0 saturated heterocycles. The highest BCUT2D eigenvalue weighted by molar-refractivity contribution is 5.75. The molecule has 1 aliphatic rings. The summed E-state index contributed by atoms with van der Waals surface area (Å²) in [5, 5.41) is 2.95. The second-order valence-corrected chi connectivity index (χ2v) is 5.58. The molecule has 4 nitrogen and oxygen atoms in total. The van der Waals surface area contributed by atoms with E-state index < -0.39 is 0 Å². The molecule has 1 heterocycles. The average molecular weight is 311 g/mol. The third-order valence-corrected chi connectivity index (χ3v) is 3.80. The molecule has 2 aromatic carbocycles. The first kappa shape index (κ1) is 15.4. The molecule has 120 valence electrons. The van der Waals surface area contributed by atoms with E-state index in [0.29, 0.717) is 26.0 Å². The minimum atomic E-state index is 0.0541. The van der Waals surface area contributed by atoms with Crippen molar-refractivity contribution in [3.8, 4) is 11.5 Å². The molecular formula is C19H21NO3. The molecule has 3 rings (SSSR count). The largest absolute Gasteiger partial charge is 0.494 e. The molecule has 0 radical (unpaired) electrons. The van der Waals surface area contributed by atoms with Crippen LogP contribution in [0, 0.1) is 0 Å². The quantitative estimate of drug-likeness (QED) is 0.799. The van der Waals surface area contributed by atoms with Crippen LogP contribution in [0.25, 0.3) is 0 Å². The molecule has 0 spiro atoms. The Labute approximate surface area is 136 Å². The Bertz CT molecular complexity index is 655. The van der Waals surface area contributed by atoms with Gasteiger partial charge in [-0.1, -0.05) is 30.3 Å². The smallest absolute Gasteiger partial charge is 0.220 e. The predicted molar refractivity (Wildman–Crippen MR) is 88.7 cm³/mol. The van der Waals surface area contributed by atoms with Gasteiger partial charge in [0, 0.05) is 19.4 Å². The molecule has 23 heavy (non-hydrogen) atoms. The van der Waals surface area contributed by atoms with E-state index in [9.17, 15) is 4.79 Å². The van der Waals surface area contributed by atoms with Crippen molar-refractivity contribution in [2.75, 3.05) is 13.2 Å². The highest BCUT2D eigenvalue weighted by Crippen LogP contribution is 2.25. The number of hydrogen-bond acceptors (Lipinski definition) is 3. The lowest BCUT2D eigenvalue weighted by Crippen LogP contribution is -2.23. The summed E-state index contributed by atoms with van der Waals surface area (Å²) in [6.45, 7) is 1.87. The van der Waals surface area contributed by atoms with Crippen molar-refractivity contribution in [3.63, 3.8) is 0 Å². The van der Waals surface area contributed by atoms with Gasteiger partial charge in [0.25, 0.3) is 0 Å². The third kappa shape index (κ3) is 4.49. The van der Waals surface area contributed by atoms with Crippen LogP contribution in [0.3, 0.4) is 0 Å². The molecule has 0 fully saturated rings. The number of amides is 1. The van der Waals surface area contributed by atoms with Gasteiger partial charge in [0.05, 0.1) is 13.2 Å². The fourth-order valence-electron chi connectivity index (χ4n) is 2.58. The molecular weight excluding hydrogens is 290 g/mol. The van der Waals surface area contributed by atoms with Crippen LogP contribution in [0.2, 0.25) is 0 Å².